The molecule has 6 N–H and O–H groups in total. The Bertz CT molecular complexity index is 8890. The molecule has 11 aliphatic rings. The van der Waals surface area contributed by atoms with Crippen molar-refractivity contribution in [1.82, 2.24) is 60.5 Å². The lowest BCUT2D eigenvalue weighted by Crippen LogP contribution is -2.29. The van der Waals surface area contributed by atoms with Gasteiger partial charge >= 0.3 is 0 Å². The molecule has 24 bridgehead atoms. The van der Waals surface area contributed by atoms with Crippen molar-refractivity contribution in [2.45, 2.75) is 72.8 Å². The number of rotatable bonds is 6. The fourth-order valence-corrected chi connectivity index (χ4v) is 24.3. The monoisotopic (exact) mass is 1690 g/mol. The predicted molar refractivity (Wildman–Crippen MR) is 521 cm³/mol. The lowest BCUT2D eigenvalue weighted by atomic mass is 9.78. The predicted octanol–water partition coefficient (Wildman–Crippen LogP) is 22.8. The highest BCUT2D eigenvalue weighted by Gasteiger charge is 2.47. The molecule has 10 aromatic heterocycles. The zero-order chi connectivity index (χ0) is 85.6. The number of aromatic amines is 4. The minimum Gasteiger partial charge on any atom is -0.360 e. The second kappa shape index (κ2) is 26.5. The Kier molecular flexibility index (Phi) is 14.3. The Morgan fingerprint density at radius 2 is 0.697 bits per heavy atom. The van der Waals surface area contributed by atoms with E-state index < -0.39 is 0 Å². The number of H-pyrrole nitrogens is 4. The van der Waals surface area contributed by atoms with Crippen molar-refractivity contribution < 1.29 is 0 Å². The van der Waals surface area contributed by atoms with Gasteiger partial charge in [0.15, 0.2) is 0 Å². The van der Waals surface area contributed by atoms with Crippen LogP contribution in [-0.2, 0) is 6.42 Å². The maximum Gasteiger partial charge on any atom is 0.129 e. The Hall–Kier alpha value is -16.7. The number of pyridine rings is 6. The number of aliphatic imine (C=N–C) groups is 3. The van der Waals surface area contributed by atoms with E-state index in [1.54, 1.807) is 0 Å². The molecule has 0 amide bonds. The van der Waals surface area contributed by atoms with Crippen LogP contribution in [0.1, 0.15) is 161 Å². The van der Waals surface area contributed by atoms with Gasteiger partial charge in [-0.25, -0.2) is 29.9 Å². The SMILES string of the molecule is C1=C2Cc3c1cccc3-c1ccc3c(n1)-c1nc(ccc1C1N=C(c4cc(C5=NC6c7ccc8nc7-c7nc(ccc7C6C5)-c5cccc6cc([nH]c56)C(c5ccccc5)C5C=c6cccc-8c6=N5)cc(C5=NC6c7ccc8nc7-c7nc(ccc7C6N5)-c5cccc6cc([nH]c56)C(c5ccccc5)c5cc6cccc-8c6[nH]5)c4)NC31)-c1cccc3cc([nH]c13)C2c1ccccc1. The van der Waals surface area contributed by atoms with Crippen LogP contribution in [0, 0.1) is 0 Å². The van der Waals surface area contributed by atoms with Crippen molar-refractivity contribution in [3.63, 3.8) is 0 Å². The van der Waals surface area contributed by atoms with Crippen LogP contribution in [-0.4, -0.2) is 73.3 Å². The number of nitrogens with one attached hydrogen (secondary N) is 6. The molecular formula is C116H74N16. The summed E-state index contributed by atoms with van der Waals surface area (Å²) in [6, 6.07) is 113. The lowest BCUT2D eigenvalue weighted by Gasteiger charge is -2.29. The summed E-state index contributed by atoms with van der Waals surface area (Å²) in [5, 5.41) is 14.8. The topological polar surface area (TPSA) is 214 Å². The summed E-state index contributed by atoms with van der Waals surface area (Å²) in [6.07, 6.45) is 6.18. The summed E-state index contributed by atoms with van der Waals surface area (Å²) in [7, 11) is 0. The number of para-hydroxylation sites is 5. The average Bonchev–Trinajstić information content (AvgIpc) is 1.57. The second-order valence-electron chi connectivity index (χ2n) is 37.4. The smallest absolute Gasteiger partial charge is 0.129 e. The van der Waals surface area contributed by atoms with Gasteiger partial charge in [0.2, 0.25) is 0 Å². The molecule has 0 radical (unpaired) electrons. The van der Waals surface area contributed by atoms with E-state index in [-0.39, 0.29) is 59.9 Å². The molecule has 10 atom stereocenters. The lowest BCUT2D eigenvalue weighted by molar-refractivity contribution is 0.561. The highest BCUT2D eigenvalue weighted by atomic mass is 15.2. The molecule has 20 aromatic rings. The molecule has 10 unspecified atom stereocenters. The van der Waals surface area contributed by atoms with Crippen LogP contribution in [0.25, 0.3) is 157 Å². The number of amidine groups is 2. The maximum atomic E-state index is 6.06. The Labute approximate surface area is 755 Å². The second-order valence-corrected chi connectivity index (χ2v) is 37.4. The maximum absolute atomic E-state index is 6.06. The zero-order valence-corrected chi connectivity index (χ0v) is 70.8. The number of nitrogens with zero attached hydrogens (tertiary/aromatic N) is 10. The van der Waals surface area contributed by atoms with Crippen LogP contribution < -0.4 is 21.2 Å². The average molecular weight is 1690 g/mol. The molecule has 7 aliphatic heterocycles. The number of fused-ring (bicyclic) bond motifs is 27. The molecule has 10 aromatic carbocycles. The van der Waals surface area contributed by atoms with Gasteiger partial charge in [-0.05, 0) is 142 Å². The van der Waals surface area contributed by atoms with Crippen LogP contribution in [0.5, 0.6) is 0 Å². The van der Waals surface area contributed by atoms with Crippen LogP contribution >= 0.6 is 0 Å². The number of benzene rings is 10. The molecule has 0 saturated heterocycles. The molecule has 16 nitrogen and oxygen atoms in total. The van der Waals surface area contributed by atoms with Gasteiger partial charge in [-0.15, -0.1) is 0 Å². The fraction of sp³-hybridized carbons (Fsp3) is 0.103. The summed E-state index contributed by atoms with van der Waals surface area (Å²) in [4.78, 5) is 74.6. The summed E-state index contributed by atoms with van der Waals surface area (Å²) >= 11 is 0. The van der Waals surface area contributed by atoms with Crippen molar-refractivity contribution in [3.8, 4) is 102 Å². The molecule has 31 rings (SSSR count). The van der Waals surface area contributed by atoms with E-state index in [2.05, 4.69) is 358 Å². The molecule has 0 spiro atoms. The van der Waals surface area contributed by atoms with Crippen molar-refractivity contribution in [2.24, 2.45) is 20.0 Å². The Balaban J connectivity index is 0.579. The van der Waals surface area contributed by atoms with Gasteiger partial charge in [0.25, 0.3) is 0 Å². The van der Waals surface area contributed by atoms with E-state index in [4.69, 9.17) is 49.9 Å². The molecule has 16 heteroatoms. The highest BCUT2D eigenvalue weighted by molar-refractivity contribution is 6.12. The van der Waals surface area contributed by atoms with E-state index in [0.29, 0.717) is 6.42 Å². The van der Waals surface area contributed by atoms with Crippen LogP contribution in [0.2, 0.25) is 0 Å². The van der Waals surface area contributed by atoms with Crippen molar-refractivity contribution in [2.75, 3.05) is 0 Å². The Morgan fingerprint density at radius 1 is 0.295 bits per heavy atom. The molecule has 0 fully saturated rings. The van der Waals surface area contributed by atoms with Gasteiger partial charge in [0, 0.05) is 134 Å². The third-order valence-corrected chi connectivity index (χ3v) is 30.3. The van der Waals surface area contributed by atoms with Gasteiger partial charge in [0.1, 0.15) is 23.8 Å². The quantitative estimate of drug-likeness (QED) is 0.0940. The number of allylic oxidation sites excluding steroid dienone is 1. The highest BCUT2D eigenvalue weighted by Crippen LogP contribution is 2.57. The largest absolute Gasteiger partial charge is 0.360 e. The van der Waals surface area contributed by atoms with E-state index >= 15 is 0 Å². The summed E-state index contributed by atoms with van der Waals surface area (Å²) < 4.78 is 0. The van der Waals surface area contributed by atoms with Gasteiger partial charge in [-0.3, -0.25) is 20.0 Å². The number of aromatic nitrogens is 10. The molecular weight excluding hydrogens is 1620 g/mol. The Morgan fingerprint density at radius 3 is 1.23 bits per heavy atom. The summed E-state index contributed by atoms with van der Waals surface area (Å²) in [6.45, 7) is 0. The van der Waals surface area contributed by atoms with E-state index in [1.807, 2.05) is 0 Å². The van der Waals surface area contributed by atoms with Crippen molar-refractivity contribution >= 4 is 73.1 Å². The van der Waals surface area contributed by atoms with Gasteiger partial charge in [-0.1, -0.05) is 248 Å². The van der Waals surface area contributed by atoms with Gasteiger partial charge in [0.05, 0.1) is 132 Å². The first kappa shape index (κ1) is 71.3. The van der Waals surface area contributed by atoms with E-state index in [9.17, 15) is 0 Å². The van der Waals surface area contributed by atoms with Gasteiger partial charge in [-0.2, -0.15) is 0 Å². The first-order chi connectivity index (χ1) is 65.3. The summed E-state index contributed by atoms with van der Waals surface area (Å²) in [5.74, 6) is 1.23. The molecule has 0 saturated carbocycles. The standard InChI is InChI=1S/C116H74N16/c1-4-16-57(17-5-1)96-67-46-60-22-10-28-70(82(60)50-67)84-41-36-78-107(117-84)108-79(37-43-87(120-108)73-30-11-23-61-51-91(96)124-99(61)73)112-111(78)129-115(130-112)68-47-66(90-56-83-71-34-40-85-72-29-12-24-62-52-92(125-100(62)72)97(58-18-6-2-7-19-58)93-53-63-25-13-31-74(101(63)126-93)86-42-35-77(104(83)123-90)106(119-86)105(71)118-85)48-69(49-68)116-131-113-80-38-44-88-75-32-14-26-64-54-94(127-102(64)75)98(59-20-8-3-9-21-59)95-55-65-27-15-33-76(103(65)128-95)89-45-39-81(114(113)132-116)110(122-89)109(80)121-88/h1-49,51-55,83,93,96-98,104,111-114,124-125,127-128H,50,56H2,(H,129,130)(H,131,132). The van der Waals surface area contributed by atoms with Crippen LogP contribution in [0.4, 0.5) is 0 Å². The normalized spacial score (nSPS) is 20.6. The first-order valence-corrected chi connectivity index (χ1v) is 45.9. The minimum atomic E-state index is -0.387. The third-order valence-electron chi connectivity index (χ3n) is 30.3. The van der Waals surface area contributed by atoms with Crippen LogP contribution in [0.3, 0.4) is 0 Å². The first-order valence-electron chi connectivity index (χ1n) is 45.9. The zero-order valence-electron chi connectivity index (χ0n) is 70.8. The fourth-order valence-electron chi connectivity index (χ4n) is 24.3. The summed E-state index contributed by atoms with van der Waals surface area (Å²) in [5.41, 5.74) is 42.4. The van der Waals surface area contributed by atoms with E-state index in [0.717, 1.165) is 253 Å². The molecule has 618 valence electrons. The molecule has 4 aliphatic carbocycles. The van der Waals surface area contributed by atoms with Gasteiger partial charge < -0.3 is 30.6 Å². The molecule has 17 heterocycles. The number of hydrogen-bond donors (Lipinski definition) is 6. The van der Waals surface area contributed by atoms with E-state index in [1.165, 1.54) is 33.4 Å². The van der Waals surface area contributed by atoms with Crippen LogP contribution in [0.15, 0.2) is 341 Å². The van der Waals surface area contributed by atoms with Crippen molar-refractivity contribution in [3.05, 3.63) is 432 Å². The minimum absolute atomic E-state index is 0.0000647. The third kappa shape index (κ3) is 10.2. The van der Waals surface area contributed by atoms with Crippen molar-refractivity contribution in [1.29, 1.82) is 0 Å². The molecule has 132 heavy (non-hydrogen) atoms. The number of hydrogen-bond acceptors (Lipinski definition) is 12.